The van der Waals surface area contributed by atoms with Gasteiger partial charge in [-0.15, -0.1) is 0 Å². The van der Waals surface area contributed by atoms with Crippen molar-refractivity contribution in [2.75, 3.05) is 5.32 Å². The molecule has 2 aromatic carbocycles. The Morgan fingerprint density at radius 3 is 2.50 bits per heavy atom. The van der Waals surface area contributed by atoms with Crippen molar-refractivity contribution in [3.05, 3.63) is 88.5 Å². The van der Waals surface area contributed by atoms with Crippen LogP contribution in [0.2, 0.25) is 0 Å². The van der Waals surface area contributed by atoms with E-state index in [0.29, 0.717) is 34.7 Å². The maximum Gasteiger partial charge on any atom is 0.282 e. The number of aromatic nitrogens is 3. The molecule has 2 heterocycles. The van der Waals surface area contributed by atoms with Gasteiger partial charge in [0.25, 0.3) is 11.5 Å². The van der Waals surface area contributed by atoms with Crippen LogP contribution in [-0.2, 0) is 6.54 Å². The van der Waals surface area contributed by atoms with Crippen LogP contribution in [-0.4, -0.2) is 26.0 Å². The van der Waals surface area contributed by atoms with E-state index in [0.717, 1.165) is 0 Å². The molecule has 7 heteroatoms. The number of anilines is 1. The summed E-state index contributed by atoms with van der Waals surface area (Å²) in [5.41, 5.74) is 2.32. The highest BCUT2D eigenvalue weighted by molar-refractivity contribution is 6.08. The minimum atomic E-state index is -0.402. The van der Waals surface area contributed by atoms with Crippen LogP contribution in [0.5, 0.6) is 0 Å². The van der Waals surface area contributed by atoms with Gasteiger partial charge in [0.15, 0.2) is 5.78 Å². The number of hydrogen-bond donors (Lipinski definition) is 1. The van der Waals surface area contributed by atoms with Crippen molar-refractivity contribution in [2.24, 2.45) is 0 Å². The number of para-hydroxylation sites is 1. The molecule has 2 aliphatic heterocycles. The van der Waals surface area contributed by atoms with Gasteiger partial charge in [-0.3, -0.25) is 14.4 Å². The lowest BCUT2D eigenvalue weighted by Gasteiger charge is -2.12. The predicted molar refractivity (Wildman–Crippen MR) is 115 cm³/mol. The molecule has 1 N–H and O–H groups in total. The van der Waals surface area contributed by atoms with E-state index >= 15 is 0 Å². The van der Waals surface area contributed by atoms with Gasteiger partial charge < -0.3 is 9.88 Å². The number of rotatable bonds is 5. The molecular weight excluding hydrogens is 380 g/mol. The third-order valence-corrected chi connectivity index (χ3v) is 4.86. The highest BCUT2D eigenvalue weighted by Gasteiger charge is 2.24. The molecule has 1 amide bonds. The van der Waals surface area contributed by atoms with E-state index in [4.69, 9.17) is 0 Å². The third-order valence-electron chi connectivity index (χ3n) is 4.86. The predicted octanol–water partition coefficient (Wildman–Crippen LogP) is 3.61. The summed E-state index contributed by atoms with van der Waals surface area (Å²) >= 11 is 0. The van der Waals surface area contributed by atoms with Gasteiger partial charge in [0.2, 0.25) is 0 Å². The normalized spacial score (nSPS) is 10.9. The Kier molecular flexibility index (Phi) is 5.02. The average molecular weight is 400 g/mol. The Morgan fingerprint density at radius 1 is 1.03 bits per heavy atom. The largest absolute Gasteiger partial charge is 0.353 e. The number of nitrogens with zero attached hydrogens (tertiary/aromatic N) is 3. The van der Waals surface area contributed by atoms with Crippen LogP contribution >= 0.6 is 0 Å². The zero-order chi connectivity index (χ0) is 21.3. The number of nitrogens with one attached hydrogen (secondary N) is 1. The maximum atomic E-state index is 13.1. The summed E-state index contributed by atoms with van der Waals surface area (Å²) < 4.78 is 3.08. The van der Waals surface area contributed by atoms with Crippen LogP contribution < -0.4 is 10.9 Å². The molecule has 0 saturated heterocycles. The number of Topliss-reactive ketones (excluding diaryl/α,β-unsaturated/α-hetero) is 1. The summed E-state index contributed by atoms with van der Waals surface area (Å²) in [6.07, 6.45) is 3.38. The Hall–Kier alpha value is -4.00. The second kappa shape index (κ2) is 7.79. The molecule has 150 valence electrons. The molecule has 0 saturated carbocycles. The van der Waals surface area contributed by atoms with Crippen molar-refractivity contribution in [2.45, 2.75) is 20.4 Å². The van der Waals surface area contributed by atoms with Crippen LogP contribution in [0.1, 0.15) is 34.6 Å². The maximum absolute atomic E-state index is 13.1. The molecule has 7 nitrogen and oxygen atoms in total. The first-order valence-corrected chi connectivity index (χ1v) is 9.58. The fourth-order valence-electron chi connectivity index (χ4n) is 3.27. The summed E-state index contributed by atoms with van der Waals surface area (Å²) in [7, 11) is 0. The monoisotopic (exact) mass is 400 g/mol. The number of aryl methyl sites for hydroxylation is 1. The first-order chi connectivity index (χ1) is 14.5. The fraction of sp³-hybridized carbons (Fsp3) is 0.130. The van der Waals surface area contributed by atoms with E-state index in [-0.39, 0.29) is 16.9 Å². The summed E-state index contributed by atoms with van der Waals surface area (Å²) in [6, 6.07) is 15.8. The van der Waals surface area contributed by atoms with Crippen LogP contribution in [0.4, 0.5) is 5.69 Å². The van der Waals surface area contributed by atoms with Gasteiger partial charge in [-0.1, -0.05) is 30.3 Å². The van der Waals surface area contributed by atoms with Gasteiger partial charge in [0, 0.05) is 30.2 Å². The number of fused-ring (bicyclic) bond motifs is 1. The lowest BCUT2D eigenvalue weighted by molar-refractivity contribution is 0.101. The van der Waals surface area contributed by atoms with Gasteiger partial charge in [0.05, 0.1) is 16.8 Å². The van der Waals surface area contributed by atoms with Crippen molar-refractivity contribution in [3.63, 3.8) is 0 Å². The molecule has 0 bridgehead atoms. The molecule has 2 aromatic rings. The third kappa shape index (κ3) is 3.53. The smallest absolute Gasteiger partial charge is 0.282 e. The average Bonchev–Trinajstić information content (AvgIpc) is 3.10. The first kappa shape index (κ1) is 19.3. The van der Waals surface area contributed by atoms with Crippen LogP contribution in [0.25, 0.3) is 16.9 Å². The number of amides is 1. The first-order valence-electron chi connectivity index (χ1n) is 9.58. The topological polar surface area (TPSA) is 86.0 Å². The highest BCUT2D eigenvalue weighted by atomic mass is 16.2. The molecule has 0 aromatic heterocycles. The summed E-state index contributed by atoms with van der Waals surface area (Å²) in [6.45, 7) is 3.99. The minimum absolute atomic E-state index is 0.0883. The Labute approximate surface area is 172 Å². The zero-order valence-corrected chi connectivity index (χ0v) is 16.6. The minimum Gasteiger partial charge on any atom is -0.353 e. The number of carbonyl (C=O) groups excluding carboxylic acids is 2. The number of carbonyl (C=O) groups is 2. The van der Waals surface area contributed by atoms with E-state index < -0.39 is 5.91 Å². The van der Waals surface area contributed by atoms with Crippen molar-refractivity contribution in [3.8, 4) is 16.9 Å². The van der Waals surface area contributed by atoms with Crippen LogP contribution in [0.15, 0.2) is 71.8 Å². The van der Waals surface area contributed by atoms with Crippen molar-refractivity contribution in [1.82, 2.24) is 14.3 Å². The Morgan fingerprint density at radius 2 is 1.80 bits per heavy atom. The van der Waals surface area contributed by atoms with Crippen LogP contribution in [0, 0.1) is 0 Å². The van der Waals surface area contributed by atoms with Crippen molar-refractivity contribution < 1.29 is 9.59 Å². The van der Waals surface area contributed by atoms with Gasteiger partial charge in [-0.25, -0.2) is 0 Å². The molecule has 4 rings (SSSR count). The Bertz CT molecular complexity index is 1270. The zero-order valence-electron chi connectivity index (χ0n) is 16.6. The van der Waals surface area contributed by atoms with E-state index in [1.54, 1.807) is 53.4 Å². The molecule has 30 heavy (non-hydrogen) atoms. The van der Waals surface area contributed by atoms with Gasteiger partial charge in [0.1, 0.15) is 5.69 Å². The molecule has 0 atom stereocenters. The van der Waals surface area contributed by atoms with Gasteiger partial charge >= 0.3 is 0 Å². The molecule has 0 unspecified atom stereocenters. The number of ketones is 1. The Balaban J connectivity index is 1.80. The number of pyridine rings is 1. The highest BCUT2D eigenvalue weighted by Crippen LogP contribution is 2.23. The SMILES string of the molecule is CCn1cc(C(=O)Nc2cccc(C(C)=O)c2)c2nn(-c3ccccc3)c(=O)c-2c1. The number of hydrogen-bond acceptors (Lipinski definition) is 4. The van der Waals surface area contributed by atoms with Crippen molar-refractivity contribution in [1.29, 1.82) is 0 Å². The molecule has 0 spiro atoms. The van der Waals surface area contributed by atoms with Gasteiger partial charge in [-0.05, 0) is 38.1 Å². The lowest BCUT2D eigenvalue weighted by Crippen LogP contribution is -2.17. The molecule has 2 aliphatic rings. The summed E-state index contributed by atoms with van der Waals surface area (Å²) in [5.74, 6) is -0.490. The molecular formula is C23H20N4O3. The van der Waals surface area contributed by atoms with Gasteiger partial charge in [-0.2, -0.15) is 9.78 Å². The van der Waals surface area contributed by atoms with E-state index in [1.165, 1.54) is 11.6 Å². The fourth-order valence-corrected chi connectivity index (χ4v) is 3.27. The second-order valence-electron chi connectivity index (χ2n) is 6.91. The van der Waals surface area contributed by atoms with Crippen molar-refractivity contribution >= 4 is 17.4 Å². The molecule has 0 radical (unpaired) electrons. The summed E-state index contributed by atoms with van der Waals surface area (Å²) in [5, 5.41) is 7.25. The van der Waals surface area contributed by atoms with Crippen LogP contribution in [0.3, 0.4) is 0 Å². The molecule has 0 aliphatic carbocycles. The standard InChI is InChI=1S/C23H20N4O3/c1-3-26-13-19(22(29)24-17-9-7-8-16(12-17)15(2)28)21-20(14-26)23(30)27(25-21)18-10-5-4-6-11-18/h4-14H,3H2,1-2H3,(H,24,29). The quantitative estimate of drug-likeness (QED) is 0.519. The second-order valence-corrected chi connectivity index (χ2v) is 6.91. The molecule has 0 fully saturated rings. The van der Waals surface area contributed by atoms with E-state index in [1.807, 2.05) is 25.1 Å². The van der Waals surface area contributed by atoms with E-state index in [9.17, 15) is 14.4 Å². The van der Waals surface area contributed by atoms with E-state index in [2.05, 4.69) is 10.4 Å². The number of benzene rings is 2. The lowest BCUT2D eigenvalue weighted by atomic mass is 10.1. The summed E-state index contributed by atoms with van der Waals surface area (Å²) in [4.78, 5) is 37.7.